The van der Waals surface area contributed by atoms with Crippen LogP contribution in [0.3, 0.4) is 0 Å². The summed E-state index contributed by atoms with van der Waals surface area (Å²) in [6, 6.07) is 14.3. The number of hydrogen-bond acceptors (Lipinski definition) is 1. The Morgan fingerprint density at radius 3 is 2.53 bits per heavy atom. The van der Waals surface area contributed by atoms with Gasteiger partial charge in [-0.3, -0.25) is 0 Å². The summed E-state index contributed by atoms with van der Waals surface area (Å²) >= 11 is 6.19. The summed E-state index contributed by atoms with van der Waals surface area (Å²) < 4.78 is 13.4. The van der Waals surface area contributed by atoms with Gasteiger partial charge in [0.05, 0.1) is 0 Å². The molecule has 2 aromatic rings. The second-order valence-corrected chi connectivity index (χ2v) is 5.45. The van der Waals surface area contributed by atoms with E-state index in [2.05, 4.69) is 0 Å². The van der Waals surface area contributed by atoms with E-state index in [1.54, 1.807) is 12.1 Å². The third kappa shape index (κ3) is 3.14. The van der Waals surface area contributed by atoms with Gasteiger partial charge in [-0.1, -0.05) is 48.9 Å². The molecule has 2 N–H and O–H groups in total. The molecule has 0 saturated carbocycles. The highest BCUT2D eigenvalue weighted by Crippen LogP contribution is 2.30. The topological polar surface area (TPSA) is 26.0 Å². The summed E-state index contributed by atoms with van der Waals surface area (Å²) in [6.07, 6.45) is 0.687. The molecule has 1 atom stereocenters. The Bertz CT molecular complexity index is 570. The van der Waals surface area contributed by atoms with Crippen molar-refractivity contribution >= 4 is 11.6 Å². The fourth-order valence-corrected chi connectivity index (χ4v) is 2.42. The van der Waals surface area contributed by atoms with Gasteiger partial charge in [0.2, 0.25) is 0 Å². The predicted octanol–water partition coefficient (Wildman–Crippen LogP) is 3.94. The first-order valence-corrected chi connectivity index (χ1v) is 6.62. The molecule has 0 saturated heterocycles. The van der Waals surface area contributed by atoms with Gasteiger partial charge in [-0.25, -0.2) is 4.39 Å². The molecule has 1 unspecified atom stereocenters. The van der Waals surface area contributed by atoms with Crippen LogP contribution in [0.25, 0.3) is 0 Å². The molecular formula is C16H17ClFN. The number of rotatable bonds is 4. The standard InChI is InChI=1S/C16H17ClFN/c1-16(11-19,13-6-4-7-14(18)9-13)10-12-5-2-3-8-15(12)17/h2-9H,10-11,19H2,1H3. The fraction of sp³-hybridized carbons (Fsp3) is 0.250. The van der Waals surface area contributed by atoms with Gasteiger partial charge in [-0.05, 0) is 35.7 Å². The highest BCUT2D eigenvalue weighted by atomic mass is 35.5. The number of nitrogens with two attached hydrogens (primary N) is 1. The zero-order chi connectivity index (χ0) is 13.9. The number of benzene rings is 2. The van der Waals surface area contributed by atoms with E-state index in [9.17, 15) is 4.39 Å². The van der Waals surface area contributed by atoms with Crippen LogP contribution in [-0.4, -0.2) is 6.54 Å². The third-order valence-corrected chi connectivity index (χ3v) is 3.88. The average molecular weight is 278 g/mol. The van der Waals surface area contributed by atoms with E-state index in [0.29, 0.717) is 13.0 Å². The van der Waals surface area contributed by atoms with Gasteiger partial charge in [0.25, 0.3) is 0 Å². The van der Waals surface area contributed by atoms with Crippen molar-refractivity contribution in [1.29, 1.82) is 0 Å². The Labute approximate surface area is 118 Å². The number of halogens is 2. The van der Waals surface area contributed by atoms with E-state index in [1.807, 2.05) is 37.3 Å². The fourth-order valence-electron chi connectivity index (χ4n) is 2.22. The lowest BCUT2D eigenvalue weighted by atomic mass is 9.77. The van der Waals surface area contributed by atoms with Gasteiger partial charge in [-0.2, -0.15) is 0 Å². The van der Waals surface area contributed by atoms with Crippen LogP contribution in [0.2, 0.25) is 5.02 Å². The van der Waals surface area contributed by atoms with Crippen LogP contribution in [0.5, 0.6) is 0 Å². The maximum absolute atomic E-state index is 13.4. The van der Waals surface area contributed by atoms with Gasteiger partial charge in [0, 0.05) is 17.0 Å². The van der Waals surface area contributed by atoms with Gasteiger partial charge in [0.1, 0.15) is 5.82 Å². The van der Waals surface area contributed by atoms with Crippen LogP contribution in [0.4, 0.5) is 4.39 Å². The van der Waals surface area contributed by atoms with E-state index in [4.69, 9.17) is 17.3 Å². The largest absolute Gasteiger partial charge is 0.330 e. The Balaban J connectivity index is 2.36. The van der Waals surface area contributed by atoms with Crippen LogP contribution in [0.1, 0.15) is 18.1 Å². The average Bonchev–Trinajstić information content (AvgIpc) is 2.41. The van der Waals surface area contributed by atoms with Crippen molar-refractivity contribution < 1.29 is 4.39 Å². The molecule has 19 heavy (non-hydrogen) atoms. The lowest BCUT2D eigenvalue weighted by Crippen LogP contribution is -2.34. The highest BCUT2D eigenvalue weighted by Gasteiger charge is 2.26. The van der Waals surface area contributed by atoms with Crippen LogP contribution in [0.15, 0.2) is 48.5 Å². The first-order chi connectivity index (χ1) is 9.05. The van der Waals surface area contributed by atoms with E-state index in [1.165, 1.54) is 6.07 Å². The molecule has 0 aromatic heterocycles. The van der Waals surface area contributed by atoms with E-state index >= 15 is 0 Å². The smallest absolute Gasteiger partial charge is 0.123 e. The molecule has 0 aliphatic rings. The summed E-state index contributed by atoms with van der Waals surface area (Å²) in [6.45, 7) is 2.47. The molecular weight excluding hydrogens is 261 g/mol. The lowest BCUT2D eigenvalue weighted by molar-refractivity contribution is 0.476. The monoisotopic (exact) mass is 277 g/mol. The van der Waals surface area contributed by atoms with E-state index in [-0.39, 0.29) is 11.2 Å². The van der Waals surface area contributed by atoms with Crippen LogP contribution in [0, 0.1) is 5.82 Å². The third-order valence-electron chi connectivity index (χ3n) is 3.51. The lowest BCUT2D eigenvalue weighted by Gasteiger charge is -2.29. The SMILES string of the molecule is CC(CN)(Cc1ccccc1Cl)c1cccc(F)c1. The first kappa shape index (κ1) is 14.0. The minimum atomic E-state index is -0.326. The maximum Gasteiger partial charge on any atom is 0.123 e. The molecule has 0 bridgehead atoms. The van der Waals surface area contributed by atoms with Crippen molar-refractivity contribution in [1.82, 2.24) is 0 Å². The second kappa shape index (κ2) is 5.72. The van der Waals surface area contributed by atoms with Gasteiger partial charge in [-0.15, -0.1) is 0 Å². The Morgan fingerprint density at radius 2 is 1.89 bits per heavy atom. The summed E-state index contributed by atoms with van der Waals surface area (Å²) in [5.74, 6) is -0.240. The molecule has 0 fully saturated rings. The summed E-state index contributed by atoms with van der Waals surface area (Å²) in [5, 5.41) is 0.721. The van der Waals surface area contributed by atoms with Crippen LogP contribution >= 0.6 is 11.6 Å². The van der Waals surface area contributed by atoms with Gasteiger partial charge < -0.3 is 5.73 Å². The van der Waals surface area contributed by atoms with Crippen molar-refractivity contribution in [2.24, 2.45) is 5.73 Å². The minimum Gasteiger partial charge on any atom is -0.330 e. The minimum absolute atomic E-state index is 0.240. The molecule has 3 heteroatoms. The normalized spacial score (nSPS) is 14.1. The molecule has 0 aliphatic carbocycles. The van der Waals surface area contributed by atoms with Crippen molar-refractivity contribution in [3.63, 3.8) is 0 Å². The van der Waals surface area contributed by atoms with Gasteiger partial charge >= 0.3 is 0 Å². The molecule has 0 spiro atoms. The highest BCUT2D eigenvalue weighted by molar-refractivity contribution is 6.31. The molecule has 100 valence electrons. The first-order valence-electron chi connectivity index (χ1n) is 6.25. The molecule has 0 heterocycles. The second-order valence-electron chi connectivity index (χ2n) is 5.04. The van der Waals surface area contributed by atoms with Gasteiger partial charge in [0.15, 0.2) is 0 Å². The molecule has 0 aliphatic heterocycles. The summed E-state index contributed by atoms with van der Waals surface area (Å²) in [5.41, 5.74) is 7.52. The Kier molecular flexibility index (Phi) is 4.23. The summed E-state index contributed by atoms with van der Waals surface area (Å²) in [7, 11) is 0. The van der Waals surface area contributed by atoms with E-state index in [0.717, 1.165) is 16.1 Å². The summed E-state index contributed by atoms with van der Waals surface area (Å²) in [4.78, 5) is 0. The van der Waals surface area contributed by atoms with Crippen LogP contribution in [-0.2, 0) is 11.8 Å². The Hall–Kier alpha value is -1.38. The van der Waals surface area contributed by atoms with Crippen LogP contribution < -0.4 is 5.73 Å². The molecule has 0 amide bonds. The quantitative estimate of drug-likeness (QED) is 0.900. The van der Waals surface area contributed by atoms with E-state index < -0.39 is 0 Å². The van der Waals surface area contributed by atoms with Crippen molar-refractivity contribution in [2.45, 2.75) is 18.8 Å². The maximum atomic E-state index is 13.4. The zero-order valence-corrected chi connectivity index (χ0v) is 11.6. The van der Waals surface area contributed by atoms with Crippen molar-refractivity contribution in [3.05, 3.63) is 70.5 Å². The Morgan fingerprint density at radius 1 is 1.16 bits per heavy atom. The predicted molar refractivity (Wildman–Crippen MR) is 78.0 cm³/mol. The molecule has 2 rings (SSSR count). The molecule has 2 aromatic carbocycles. The molecule has 0 radical (unpaired) electrons. The molecule has 1 nitrogen and oxygen atoms in total. The van der Waals surface area contributed by atoms with Crippen molar-refractivity contribution in [3.8, 4) is 0 Å². The van der Waals surface area contributed by atoms with Crippen molar-refractivity contribution in [2.75, 3.05) is 6.54 Å². The zero-order valence-electron chi connectivity index (χ0n) is 10.9. The number of hydrogen-bond donors (Lipinski definition) is 1.